The quantitative estimate of drug-likeness (QED) is 0.0610. The SMILES string of the molecule is CCCCC(CC)COc1cc(OCC(CC)CCCC)c(PC(=O)c2c(C(F)(F)F)cccc2C(F)(F)F)c(OCC(CC)CCCC)c1.[LiH]. The Bertz CT molecular complexity index is 1230. The molecular weight excluding hydrogens is 684 g/mol. The summed E-state index contributed by atoms with van der Waals surface area (Å²) in [4.78, 5) is 13.8. The minimum atomic E-state index is -5.18. The molecule has 0 amide bonds. The Kier molecular flexibility index (Phi) is 21.9. The van der Waals surface area contributed by atoms with Crippen molar-refractivity contribution in [3.63, 3.8) is 0 Å². The molecule has 0 aliphatic heterocycles. The van der Waals surface area contributed by atoms with Gasteiger partial charge in [0.2, 0.25) is 0 Å². The monoisotopic (exact) mass is 742 g/mol. The third-order valence-electron chi connectivity index (χ3n) is 9.24. The van der Waals surface area contributed by atoms with Gasteiger partial charge >= 0.3 is 31.2 Å². The molecule has 4 unspecified atom stereocenters. The Hall–Kier alpha value is -1.88. The van der Waals surface area contributed by atoms with Gasteiger partial charge in [-0.25, -0.2) is 0 Å². The zero-order valence-electron chi connectivity index (χ0n) is 30.6. The molecule has 0 saturated carbocycles. The number of benzene rings is 2. The Labute approximate surface area is 315 Å². The first-order chi connectivity index (χ1) is 23.7. The van der Waals surface area contributed by atoms with Crippen LogP contribution in [0.25, 0.3) is 0 Å². The molecule has 0 aliphatic carbocycles. The predicted molar refractivity (Wildman–Crippen MR) is 199 cm³/mol. The first-order valence-electron chi connectivity index (χ1n) is 18.4. The van der Waals surface area contributed by atoms with Gasteiger partial charge < -0.3 is 14.2 Å². The Morgan fingerprint density at radius 1 is 0.647 bits per heavy atom. The summed E-state index contributed by atoms with van der Waals surface area (Å²) in [5, 5.41) is 0.140. The van der Waals surface area contributed by atoms with E-state index in [1.807, 2.05) is 13.8 Å². The molecule has 0 heterocycles. The number of hydrogen-bond donors (Lipinski definition) is 0. The van der Waals surface area contributed by atoms with E-state index in [9.17, 15) is 31.1 Å². The van der Waals surface area contributed by atoms with Crippen molar-refractivity contribution in [3.05, 3.63) is 47.0 Å². The summed E-state index contributed by atoms with van der Waals surface area (Å²) in [6, 6.07) is 4.92. The Morgan fingerprint density at radius 3 is 1.35 bits per heavy atom. The summed E-state index contributed by atoms with van der Waals surface area (Å²) in [7, 11) is -1.14. The number of alkyl halides is 6. The molecule has 0 N–H and O–H groups in total. The van der Waals surface area contributed by atoms with Crippen LogP contribution >= 0.6 is 8.58 Å². The number of hydrogen-bond acceptors (Lipinski definition) is 4. The molecule has 0 bridgehead atoms. The van der Waals surface area contributed by atoms with Crippen molar-refractivity contribution in [2.75, 3.05) is 19.8 Å². The second-order valence-corrected chi connectivity index (χ2v) is 14.4. The molecule has 2 aromatic carbocycles. The van der Waals surface area contributed by atoms with Gasteiger partial charge in [-0.2, -0.15) is 26.3 Å². The fraction of sp³-hybridized carbons (Fsp3) is 0.667. The predicted octanol–water partition coefficient (Wildman–Crippen LogP) is 12.0. The van der Waals surface area contributed by atoms with Crippen LogP contribution in [0.15, 0.2) is 30.3 Å². The van der Waals surface area contributed by atoms with E-state index in [0.29, 0.717) is 36.5 Å². The molecule has 2 rings (SSSR count). The summed E-state index contributed by atoms with van der Waals surface area (Å²) in [6.07, 6.45) is 0.998. The van der Waals surface area contributed by atoms with Crippen LogP contribution in [0.4, 0.5) is 26.3 Å². The van der Waals surface area contributed by atoms with E-state index in [4.69, 9.17) is 14.2 Å². The van der Waals surface area contributed by atoms with Gasteiger partial charge in [-0.15, -0.1) is 0 Å². The second kappa shape index (κ2) is 23.7. The van der Waals surface area contributed by atoms with E-state index in [1.165, 1.54) is 0 Å². The standard InChI is InChI=1S/C39H57F6O4P.Li.H/c1-7-13-17-27(10-4)24-47-30-22-33(48-25-28(11-5)18-14-8-2)36(34(23-30)49-26-29(12-6)19-15-9-3)50-37(46)35-31(38(40,41)42)20-16-21-32(35)39(43,44)45;;/h16,20-23,27-29,50H,7-15,17-19,24-26H2,1-6H3;;. The van der Waals surface area contributed by atoms with Crippen LogP contribution in [0, 0.1) is 17.8 Å². The van der Waals surface area contributed by atoms with Crippen molar-refractivity contribution >= 4 is 38.3 Å². The molecular formula is C39H58F6LiO4P. The van der Waals surface area contributed by atoms with Crippen LogP contribution in [0.1, 0.15) is 140 Å². The molecule has 0 aliphatic rings. The number of carbonyl (C=O) groups excluding carboxylic acids is 1. The molecule has 0 spiro atoms. The van der Waals surface area contributed by atoms with Gasteiger partial charge in [0, 0.05) is 17.7 Å². The minimum absolute atomic E-state index is 0. The van der Waals surface area contributed by atoms with Gasteiger partial charge in [-0.1, -0.05) is 105 Å². The summed E-state index contributed by atoms with van der Waals surface area (Å²) in [5.74, 6) is 1.40. The average Bonchev–Trinajstić information content (AvgIpc) is 3.08. The molecule has 4 atom stereocenters. The van der Waals surface area contributed by atoms with Crippen LogP contribution in [-0.2, 0) is 12.4 Å². The zero-order chi connectivity index (χ0) is 37.3. The van der Waals surface area contributed by atoms with E-state index in [2.05, 4.69) is 27.7 Å². The molecule has 286 valence electrons. The number of unbranched alkanes of at least 4 members (excludes halogenated alkanes) is 3. The van der Waals surface area contributed by atoms with Crippen molar-refractivity contribution in [1.29, 1.82) is 0 Å². The van der Waals surface area contributed by atoms with Gasteiger partial charge in [0.05, 0.1) is 36.3 Å². The maximum atomic E-state index is 14.1. The Morgan fingerprint density at radius 2 is 1.02 bits per heavy atom. The number of carbonyl (C=O) groups is 1. The van der Waals surface area contributed by atoms with Crippen molar-refractivity contribution in [1.82, 2.24) is 0 Å². The number of halogens is 6. The first-order valence-corrected chi connectivity index (χ1v) is 19.4. The van der Waals surface area contributed by atoms with Crippen molar-refractivity contribution in [3.8, 4) is 17.2 Å². The number of rotatable bonds is 24. The normalized spacial score (nSPS) is 13.9. The zero-order valence-corrected chi connectivity index (χ0v) is 31.6. The van der Waals surface area contributed by atoms with Crippen molar-refractivity contribution in [2.24, 2.45) is 17.8 Å². The van der Waals surface area contributed by atoms with Crippen molar-refractivity contribution in [2.45, 2.75) is 131 Å². The molecule has 0 fully saturated rings. The van der Waals surface area contributed by atoms with E-state index < -0.39 is 43.1 Å². The topological polar surface area (TPSA) is 44.8 Å². The molecule has 0 saturated heterocycles. The van der Waals surface area contributed by atoms with E-state index >= 15 is 0 Å². The average molecular weight is 743 g/mol. The summed E-state index contributed by atoms with van der Waals surface area (Å²) in [6.45, 7) is 13.4. The van der Waals surface area contributed by atoms with Gasteiger partial charge in [-0.05, 0) is 57.7 Å². The third kappa shape index (κ3) is 15.6. The van der Waals surface area contributed by atoms with Crippen molar-refractivity contribution < 1.29 is 45.3 Å². The summed E-state index contributed by atoms with van der Waals surface area (Å²) >= 11 is 0. The molecule has 2 aromatic rings. The molecule has 0 aromatic heterocycles. The Balaban J connectivity index is 0.0000130. The van der Waals surface area contributed by atoms with Gasteiger partial charge in [0.15, 0.2) is 5.52 Å². The van der Waals surface area contributed by atoms with Crippen LogP contribution in [0.2, 0.25) is 0 Å². The molecule has 4 nitrogen and oxygen atoms in total. The van der Waals surface area contributed by atoms with Crippen LogP contribution in [0.5, 0.6) is 17.2 Å². The fourth-order valence-corrected chi connectivity index (χ4v) is 6.93. The third-order valence-corrected chi connectivity index (χ3v) is 10.5. The summed E-state index contributed by atoms with van der Waals surface area (Å²) in [5.41, 5.74) is -5.93. The molecule has 12 heteroatoms. The number of ether oxygens (including phenoxy) is 3. The van der Waals surface area contributed by atoms with Gasteiger partial charge in [0.1, 0.15) is 17.2 Å². The molecule has 0 radical (unpaired) electrons. The first kappa shape index (κ1) is 47.1. The van der Waals surface area contributed by atoms with Gasteiger partial charge in [-0.3, -0.25) is 4.79 Å². The maximum absolute atomic E-state index is 14.1. The van der Waals surface area contributed by atoms with Crippen LogP contribution < -0.4 is 19.5 Å². The second-order valence-electron chi connectivity index (χ2n) is 13.2. The van der Waals surface area contributed by atoms with E-state index in [-0.39, 0.29) is 60.7 Å². The van der Waals surface area contributed by atoms with Crippen LogP contribution in [0.3, 0.4) is 0 Å². The summed E-state index contributed by atoms with van der Waals surface area (Å²) < 4.78 is 104. The van der Waals surface area contributed by atoms with Gasteiger partial charge in [0.25, 0.3) is 0 Å². The van der Waals surface area contributed by atoms with E-state index in [1.54, 1.807) is 12.1 Å². The molecule has 51 heavy (non-hydrogen) atoms. The fourth-order valence-electron chi connectivity index (χ4n) is 5.77. The van der Waals surface area contributed by atoms with E-state index in [0.717, 1.165) is 77.0 Å². The van der Waals surface area contributed by atoms with Crippen LogP contribution in [-0.4, -0.2) is 44.2 Å².